The molecular formula is C14H14FNO2S. The lowest BCUT2D eigenvalue weighted by molar-refractivity contribution is 0.0943. The molecule has 0 bridgehead atoms. The van der Waals surface area contributed by atoms with Gasteiger partial charge in [-0.1, -0.05) is 6.07 Å². The second-order valence-corrected chi connectivity index (χ2v) is 5.06. The van der Waals surface area contributed by atoms with Gasteiger partial charge in [-0.05, 0) is 42.1 Å². The SMILES string of the molecule is O=C(NCCC(O)c1cccs1)c1ccc(F)cc1. The third kappa shape index (κ3) is 3.87. The standard InChI is InChI=1S/C14H14FNO2S/c15-11-5-3-10(4-6-11)14(18)16-8-7-12(17)13-2-1-9-19-13/h1-6,9,12,17H,7-8H2,(H,16,18). The van der Waals surface area contributed by atoms with Gasteiger partial charge in [-0.25, -0.2) is 4.39 Å². The second kappa shape index (κ2) is 6.45. The van der Waals surface area contributed by atoms with E-state index in [0.717, 1.165) is 4.88 Å². The quantitative estimate of drug-likeness (QED) is 0.884. The maximum absolute atomic E-state index is 12.7. The summed E-state index contributed by atoms with van der Waals surface area (Å²) in [5, 5.41) is 14.4. The molecule has 0 aliphatic rings. The van der Waals surface area contributed by atoms with Gasteiger partial charge in [0.15, 0.2) is 0 Å². The number of hydrogen-bond acceptors (Lipinski definition) is 3. The summed E-state index contributed by atoms with van der Waals surface area (Å²) in [7, 11) is 0. The van der Waals surface area contributed by atoms with E-state index >= 15 is 0 Å². The maximum Gasteiger partial charge on any atom is 0.251 e. The third-order valence-corrected chi connectivity index (χ3v) is 3.65. The molecule has 0 saturated carbocycles. The van der Waals surface area contributed by atoms with Crippen molar-refractivity contribution in [2.75, 3.05) is 6.54 Å². The van der Waals surface area contributed by atoms with E-state index in [2.05, 4.69) is 5.32 Å². The number of rotatable bonds is 5. The van der Waals surface area contributed by atoms with Crippen LogP contribution in [0.15, 0.2) is 41.8 Å². The highest BCUT2D eigenvalue weighted by Gasteiger charge is 2.10. The maximum atomic E-state index is 12.7. The molecule has 1 aromatic heterocycles. The van der Waals surface area contributed by atoms with Crippen molar-refractivity contribution < 1.29 is 14.3 Å². The summed E-state index contributed by atoms with van der Waals surface area (Å²) in [6.45, 7) is 0.370. The summed E-state index contributed by atoms with van der Waals surface area (Å²) in [6, 6.07) is 9.09. The summed E-state index contributed by atoms with van der Waals surface area (Å²) in [6.07, 6.45) is -0.110. The van der Waals surface area contributed by atoms with E-state index in [1.807, 2.05) is 17.5 Å². The molecule has 3 nitrogen and oxygen atoms in total. The van der Waals surface area contributed by atoms with Crippen molar-refractivity contribution in [3.05, 3.63) is 58.0 Å². The van der Waals surface area contributed by atoms with Gasteiger partial charge >= 0.3 is 0 Å². The number of hydrogen-bond donors (Lipinski definition) is 2. The monoisotopic (exact) mass is 279 g/mol. The molecule has 5 heteroatoms. The molecule has 2 N–H and O–H groups in total. The normalized spacial score (nSPS) is 12.1. The molecule has 100 valence electrons. The molecular weight excluding hydrogens is 265 g/mol. The first-order chi connectivity index (χ1) is 9.16. The van der Waals surface area contributed by atoms with E-state index in [1.54, 1.807) is 0 Å². The fourth-order valence-electron chi connectivity index (χ4n) is 1.65. The molecule has 1 aromatic carbocycles. The first-order valence-electron chi connectivity index (χ1n) is 5.92. The molecule has 0 radical (unpaired) electrons. The Hall–Kier alpha value is -1.72. The Kier molecular flexibility index (Phi) is 4.65. The van der Waals surface area contributed by atoms with Crippen LogP contribution < -0.4 is 5.32 Å². The Balaban J connectivity index is 1.79. The number of carbonyl (C=O) groups is 1. The third-order valence-electron chi connectivity index (χ3n) is 2.68. The topological polar surface area (TPSA) is 49.3 Å². The number of halogens is 1. The van der Waals surface area contributed by atoms with Crippen molar-refractivity contribution in [2.45, 2.75) is 12.5 Å². The molecule has 2 rings (SSSR count). The highest BCUT2D eigenvalue weighted by Crippen LogP contribution is 2.20. The number of nitrogens with one attached hydrogen (secondary N) is 1. The Morgan fingerprint density at radius 2 is 2.05 bits per heavy atom. The van der Waals surface area contributed by atoms with Gasteiger partial charge in [0.05, 0.1) is 6.10 Å². The van der Waals surface area contributed by atoms with Gasteiger partial charge in [-0.3, -0.25) is 4.79 Å². The Labute approximate surface area is 114 Å². The Bertz CT molecular complexity index is 525. The molecule has 0 saturated heterocycles. The highest BCUT2D eigenvalue weighted by molar-refractivity contribution is 7.10. The number of aliphatic hydroxyl groups excluding tert-OH is 1. The van der Waals surface area contributed by atoms with Crippen LogP contribution in [0.2, 0.25) is 0 Å². The smallest absolute Gasteiger partial charge is 0.251 e. The summed E-state index contributed by atoms with van der Waals surface area (Å²) in [5.41, 5.74) is 0.409. The molecule has 1 atom stereocenters. The van der Waals surface area contributed by atoms with Crippen LogP contribution in [-0.2, 0) is 0 Å². The van der Waals surface area contributed by atoms with E-state index < -0.39 is 6.10 Å². The molecule has 0 fully saturated rings. The second-order valence-electron chi connectivity index (χ2n) is 4.08. The van der Waals surface area contributed by atoms with Crippen molar-refractivity contribution >= 4 is 17.2 Å². The van der Waals surface area contributed by atoms with Crippen molar-refractivity contribution in [3.63, 3.8) is 0 Å². The minimum atomic E-state index is -0.562. The zero-order chi connectivity index (χ0) is 13.7. The lowest BCUT2D eigenvalue weighted by Gasteiger charge is -2.09. The minimum Gasteiger partial charge on any atom is -0.388 e. The Morgan fingerprint density at radius 3 is 2.68 bits per heavy atom. The number of carbonyl (C=O) groups excluding carboxylic acids is 1. The fourth-order valence-corrected chi connectivity index (χ4v) is 2.40. The van der Waals surface area contributed by atoms with Gasteiger partial charge in [0.2, 0.25) is 0 Å². The average Bonchev–Trinajstić information content (AvgIpc) is 2.93. The zero-order valence-corrected chi connectivity index (χ0v) is 11.0. The van der Waals surface area contributed by atoms with Crippen LogP contribution in [-0.4, -0.2) is 17.6 Å². The summed E-state index contributed by atoms with van der Waals surface area (Å²) in [4.78, 5) is 12.6. The van der Waals surface area contributed by atoms with Gasteiger partial charge in [-0.15, -0.1) is 11.3 Å². The largest absolute Gasteiger partial charge is 0.388 e. The fraction of sp³-hybridized carbons (Fsp3) is 0.214. The lowest BCUT2D eigenvalue weighted by atomic mass is 10.2. The van der Waals surface area contributed by atoms with E-state index in [-0.39, 0.29) is 11.7 Å². The van der Waals surface area contributed by atoms with Crippen molar-refractivity contribution in [1.29, 1.82) is 0 Å². The van der Waals surface area contributed by atoms with Gasteiger partial charge < -0.3 is 10.4 Å². The van der Waals surface area contributed by atoms with Crippen LogP contribution in [0.5, 0.6) is 0 Å². The van der Waals surface area contributed by atoms with Crippen molar-refractivity contribution in [1.82, 2.24) is 5.32 Å². The van der Waals surface area contributed by atoms with Crippen LogP contribution in [0, 0.1) is 5.82 Å². The highest BCUT2D eigenvalue weighted by atomic mass is 32.1. The molecule has 19 heavy (non-hydrogen) atoms. The van der Waals surface area contributed by atoms with Crippen LogP contribution in [0.3, 0.4) is 0 Å². The van der Waals surface area contributed by atoms with Crippen LogP contribution in [0.1, 0.15) is 27.8 Å². The first kappa shape index (κ1) is 13.7. The van der Waals surface area contributed by atoms with E-state index in [1.165, 1.54) is 35.6 Å². The predicted molar refractivity (Wildman–Crippen MR) is 72.6 cm³/mol. The number of aliphatic hydroxyl groups is 1. The summed E-state index contributed by atoms with van der Waals surface area (Å²) >= 11 is 1.48. The van der Waals surface area contributed by atoms with Gasteiger partial charge in [-0.2, -0.15) is 0 Å². The van der Waals surface area contributed by atoms with Gasteiger partial charge in [0.25, 0.3) is 5.91 Å². The lowest BCUT2D eigenvalue weighted by Crippen LogP contribution is -2.25. The van der Waals surface area contributed by atoms with E-state index in [4.69, 9.17) is 0 Å². The van der Waals surface area contributed by atoms with Crippen LogP contribution >= 0.6 is 11.3 Å². The zero-order valence-electron chi connectivity index (χ0n) is 10.2. The van der Waals surface area contributed by atoms with E-state index in [0.29, 0.717) is 18.5 Å². The van der Waals surface area contributed by atoms with Crippen molar-refractivity contribution in [3.8, 4) is 0 Å². The Morgan fingerprint density at radius 1 is 1.32 bits per heavy atom. The summed E-state index contributed by atoms with van der Waals surface area (Å²) < 4.78 is 12.7. The first-order valence-corrected chi connectivity index (χ1v) is 6.80. The number of benzene rings is 1. The average molecular weight is 279 g/mol. The molecule has 1 amide bonds. The number of thiophene rings is 1. The molecule has 2 aromatic rings. The molecule has 0 aliphatic carbocycles. The molecule has 0 aliphatic heterocycles. The van der Waals surface area contributed by atoms with E-state index in [9.17, 15) is 14.3 Å². The summed E-state index contributed by atoms with van der Waals surface area (Å²) in [5.74, 6) is -0.636. The van der Waals surface area contributed by atoms with Crippen LogP contribution in [0.25, 0.3) is 0 Å². The van der Waals surface area contributed by atoms with Crippen molar-refractivity contribution in [2.24, 2.45) is 0 Å². The van der Waals surface area contributed by atoms with Crippen LogP contribution in [0.4, 0.5) is 4.39 Å². The molecule has 1 heterocycles. The number of amides is 1. The van der Waals surface area contributed by atoms with Gasteiger partial charge in [0.1, 0.15) is 5.82 Å². The predicted octanol–water partition coefficient (Wildman–Crippen LogP) is 2.74. The molecule has 1 unspecified atom stereocenters. The molecule has 0 spiro atoms. The minimum absolute atomic E-state index is 0.265. The van der Waals surface area contributed by atoms with Gasteiger partial charge in [0, 0.05) is 17.0 Å².